The van der Waals surface area contributed by atoms with E-state index in [1.165, 1.54) is 42.6 Å². The first kappa shape index (κ1) is 29.5. The number of hydrogen-bond donors (Lipinski definition) is 1. The van der Waals surface area contributed by atoms with Gasteiger partial charge in [-0.25, -0.2) is 18.2 Å². The fourth-order valence-corrected chi connectivity index (χ4v) is 5.65. The number of halogens is 5. The highest BCUT2D eigenvalue weighted by molar-refractivity contribution is 9.10. The first-order chi connectivity index (χ1) is 20.0. The third-order valence-electron chi connectivity index (χ3n) is 7.18. The molecule has 1 N–H and O–H groups in total. The predicted molar refractivity (Wildman–Crippen MR) is 151 cm³/mol. The average molecular weight is 661 g/mol. The van der Waals surface area contributed by atoms with E-state index in [2.05, 4.69) is 26.2 Å². The molecule has 216 valence electrons. The van der Waals surface area contributed by atoms with E-state index in [4.69, 9.17) is 11.6 Å². The van der Waals surface area contributed by atoms with E-state index in [9.17, 15) is 32.8 Å². The zero-order chi connectivity index (χ0) is 30.2. The van der Waals surface area contributed by atoms with Crippen molar-refractivity contribution >= 4 is 56.8 Å². The Kier molecular flexibility index (Phi) is 8.25. The second kappa shape index (κ2) is 11.7. The number of pyridine rings is 1. The van der Waals surface area contributed by atoms with Gasteiger partial charge in [-0.3, -0.25) is 24.2 Å². The maximum absolute atomic E-state index is 14.9. The van der Waals surface area contributed by atoms with E-state index < -0.39 is 60.4 Å². The Balaban J connectivity index is 1.62. The molecule has 0 radical (unpaired) electrons. The van der Waals surface area contributed by atoms with Crippen molar-refractivity contribution in [3.05, 3.63) is 87.2 Å². The summed E-state index contributed by atoms with van der Waals surface area (Å²) in [6.45, 7) is 0. The minimum Gasteiger partial charge on any atom is -0.351 e. The minimum atomic E-state index is -2.92. The number of hydrogen-bond acceptors (Lipinski definition) is 5. The van der Waals surface area contributed by atoms with Gasteiger partial charge in [0.2, 0.25) is 11.8 Å². The molecule has 0 spiro atoms. The summed E-state index contributed by atoms with van der Waals surface area (Å²) in [6.07, 6.45) is 0.202. The Morgan fingerprint density at radius 3 is 2.60 bits per heavy atom. The number of amides is 3. The quantitative estimate of drug-likeness (QED) is 0.351. The molecule has 1 saturated heterocycles. The van der Waals surface area contributed by atoms with Crippen LogP contribution in [0.3, 0.4) is 0 Å². The number of nitriles is 1. The fraction of sp³-hybridized carbons (Fsp3) is 0.276. The molecule has 1 aromatic heterocycles. The Morgan fingerprint density at radius 1 is 1.19 bits per heavy atom. The number of nitrogens with one attached hydrogen (secondary N) is 1. The number of alkyl halides is 2. The molecule has 3 amide bonds. The van der Waals surface area contributed by atoms with E-state index in [0.717, 1.165) is 15.9 Å². The molecule has 2 atom stereocenters. The lowest BCUT2D eigenvalue weighted by atomic mass is 9.87. The topological polar surface area (TPSA) is 106 Å². The van der Waals surface area contributed by atoms with Crippen molar-refractivity contribution in [1.82, 2.24) is 10.3 Å². The van der Waals surface area contributed by atoms with Crippen molar-refractivity contribution in [3.63, 3.8) is 0 Å². The summed E-state index contributed by atoms with van der Waals surface area (Å²) in [5.74, 6) is -5.59. The lowest BCUT2D eigenvalue weighted by Gasteiger charge is -2.39. The van der Waals surface area contributed by atoms with Crippen LogP contribution in [-0.2, 0) is 14.4 Å². The molecule has 42 heavy (non-hydrogen) atoms. The number of carbonyl (C=O) groups excluding carboxylic acids is 3. The highest BCUT2D eigenvalue weighted by Crippen LogP contribution is 2.40. The van der Waals surface area contributed by atoms with Gasteiger partial charge in [0.25, 0.3) is 11.8 Å². The van der Waals surface area contributed by atoms with Crippen LogP contribution in [0.1, 0.15) is 42.9 Å². The zero-order valence-electron chi connectivity index (χ0n) is 21.7. The van der Waals surface area contributed by atoms with Gasteiger partial charge >= 0.3 is 0 Å². The predicted octanol–water partition coefficient (Wildman–Crippen LogP) is 5.69. The van der Waals surface area contributed by atoms with Crippen LogP contribution in [0.4, 0.5) is 24.7 Å². The second-order valence-corrected chi connectivity index (χ2v) is 11.3. The van der Waals surface area contributed by atoms with Crippen molar-refractivity contribution in [2.75, 3.05) is 9.80 Å². The van der Waals surface area contributed by atoms with E-state index in [1.54, 1.807) is 12.1 Å². The lowest BCUT2D eigenvalue weighted by molar-refractivity contribution is -0.133. The minimum absolute atomic E-state index is 0.0299. The molecule has 2 aliphatic rings. The molecule has 0 bridgehead atoms. The molecule has 8 nitrogen and oxygen atoms in total. The summed E-state index contributed by atoms with van der Waals surface area (Å²) < 4.78 is 42.2. The molecular formula is C29H22BrClF3N5O3. The van der Waals surface area contributed by atoms with Gasteiger partial charge in [0.05, 0.1) is 16.1 Å². The highest BCUT2D eigenvalue weighted by Gasteiger charge is 2.48. The Hall–Kier alpha value is -3.95. The van der Waals surface area contributed by atoms with E-state index in [-0.39, 0.29) is 45.0 Å². The summed E-state index contributed by atoms with van der Waals surface area (Å²) in [4.78, 5) is 47.7. The van der Waals surface area contributed by atoms with Gasteiger partial charge in [-0.05, 0) is 58.7 Å². The third kappa shape index (κ3) is 5.84. The maximum Gasteiger partial charge on any atom is 0.252 e. The van der Waals surface area contributed by atoms with Crippen LogP contribution in [0.15, 0.2) is 65.3 Å². The summed E-state index contributed by atoms with van der Waals surface area (Å²) in [6, 6.07) is 11.3. The van der Waals surface area contributed by atoms with Crippen molar-refractivity contribution in [1.29, 1.82) is 5.26 Å². The maximum atomic E-state index is 14.9. The van der Waals surface area contributed by atoms with E-state index in [1.807, 2.05) is 6.07 Å². The molecule has 1 aliphatic carbocycles. The van der Waals surface area contributed by atoms with Crippen LogP contribution in [-0.4, -0.2) is 40.7 Å². The van der Waals surface area contributed by atoms with Crippen LogP contribution in [0.2, 0.25) is 5.02 Å². The van der Waals surface area contributed by atoms with Gasteiger partial charge in [-0.15, -0.1) is 0 Å². The van der Waals surface area contributed by atoms with Crippen molar-refractivity contribution in [3.8, 4) is 6.07 Å². The van der Waals surface area contributed by atoms with Gasteiger partial charge in [-0.1, -0.05) is 29.8 Å². The Morgan fingerprint density at radius 2 is 1.93 bits per heavy atom. The van der Waals surface area contributed by atoms with Crippen molar-refractivity contribution < 1.29 is 27.6 Å². The number of rotatable bonds is 7. The molecule has 0 unspecified atom stereocenters. The van der Waals surface area contributed by atoms with Crippen LogP contribution in [0, 0.1) is 17.1 Å². The third-order valence-corrected chi connectivity index (χ3v) is 8.17. The molecular weight excluding hydrogens is 639 g/mol. The number of aromatic nitrogens is 1. The van der Waals surface area contributed by atoms with Gasteiger partial charge in [0, 0.05) is 47.8 Å². The van der Waals surface area contributed by atoms with Crippen LogP contribution in [0.25, 0.3) is 0 Å². The molecule has 13 heteroatoms. The summed E-state index contributed by atoms with van der Waals surface area (Å²) >= 11 is 9.59. The van der Waals surface area contributed by atoms with E-state index >= 15 is 0 Å². The average Bonchev–Trinajstić information content (AvgIpc) is 3.33. The van der Waals surface area contributed by atoms with Crippen molar-refractivity contribution in [2.24, 2.45) is 0 Å². The molecule has 3 aromatic rings. The monoisotopic (exact) mass is 659 g/mol. The molecule has 1 saturated carbocycles. The number of benzene rings is 2. The normalized spacial score (nSPS) is 18.6. The largest absolute Gasteiger partial charge is 0.351 e. The SMILES string of the molecule is N#Cc1ccnc(N2C(=O)CC[C@H]2C(=O)N(c2ccc(Br)c(F)c2)[C@H](C(=O)NC2CC(F)(F)C2)c2ccccc2Cl)c1. The number of anilines is 2. The second-order valence-electron chi connectivity index (χ2n) is 10.0. The first-order valence-corrected chi connectivity index (χ1v) is 14.0. The lowest BCUT2D eigenvalue weighted by Crippen LogP contribution is -2.56. The Labute approximate surface area is 252 Å². The molecule has 2 heterocycles. The first-order valence-electron chi connectivity index (χ1n) is 12.9. The number of carbonyl (C=O) groups is 3. The number of nitrogens with zero attached hydrogens (tertiary/aromatic N) is 4. The molecule has 2 aromatic carbocycles. The Bertz CT molecular complexity index is 1610. The summed E-state index contributed by atoms with van der Waals surface area (Å²) in [5.41, 5.74) is 0.348. The van der Waals surface area contributed by atoms with Gasteiger partial charge in [0.1, 0.15) is 23.7 Å². The fourth-order valence-electron chi connectivity index (χ4n) is 5.16. The van der Waals surface area contributed by atoms with Crippen LogP contribution >= 0.6 is 27.5 Å². The van der Waals surface area contributed by atoms with Crippen molar-refractivity contribution in [2.45, 2.75) is 49.7 Å². The summed E-state index contributed by atoms with van der Waals surface area (Å²) in [7, 11) is 0. The highest BCUT2D eigenvalue weighted by atomic mass is 79.9. The molecule has 1 aliphatic heterocycles. The van der Waals surface area contributed by atoms with Gasteiger partial charge in [-0.2, -0.15) is 5.26 Å². The van der Waals surface area contributed by atoms with Crippen LogP contribution < -0.4 is 15.1 Å². The van der Waals surface area contributed by atoms with Crippen LogP contribution in [0.5, 0.6) is 0 Å². The van der Waals surface area contributed by atoms with Gasteiger partial charge in [0.15, 0.2) is 0 Å². The van der Waals surface area contributed by atoms with E-state index in [0.29, 0.717) is 0 Å². The standard InChI is InChI=1S/C29H22BrClF3N5O3/c30-20-6-5-18(12-22(20)32)38(28(42)23-7-8-25(40)39(23)24-11-16(15-35)9-10-36-24)26(19-3-1-2-4-21(19)31)27(41)37-17-13-29(33,34)14-17/h1-6,9-12,17,23,26H,7-8,13-14H2,(H,37,41)/t23-,26-/m0/s1. The molecule has 5 rings (SSSR count). The summed E-state index contributed by atoms with van der Waals surface area (Å²) in [5, 5.41) is 12.0. The van der Waals surface area contributed by atoms with Gasteiger partial charge < -0.3 is 5.32 Å². The molecule has 2 fully saturated rings. The smallest absolute Gasteiger partial charge is 0.252 e. The zero-order valence-corrected chi connectivity index (χ0v) is 24.1.